The van der Waals surface area contributed by atoms with Gasteiger partial charge in [0, 0.05) is 19.0 Å². The molecule has 0 aliphatic carbocycles. The molecule has 0 spiro atoms. The van der Waals surface area contributed by atoms with Gasteiger partial charge in [0.15, 0.2) is 0 Å². The van der Waals surface area contributed by atoms with Crippen molar-refractivity contribution in [2.45, 2.75) is 52.5 Å². The van der Waals surface area contributed by atoms with E-state index in [2.05, 4.69) is 39.0 Å². The van der Waals surface area contributed by atoms with E-state index in [9.17, 15) is 4.79 Å². The van der Waals surface area contributed by atoms with Crippen LogP contribution in [0.1, 0.15) is 44.2 Å². The summed E-state index contributed by atoms with van der Waals surface area (Å²) in [5.41, 5.74) is 2.43. The maximum atomic E-state index is 12.4. The number of benzene rings is 1. The molecule has 1 aromatic rings. The van der Waals surface area contributed by atoms with E-state index in [1.165, 1.54) is 11.1 Å². The van der Waals surface area contributed by atoms with Gasteiger partial charge in [0.05, 0.1) is 6.61 Å². The molecule has 1 rings (SSSR count). The van der Waals surface area contributed by atoms with Crippen LogP contribution in [0.3, 0.4) is 0 Å². The van der Waals surface area contributed by atoms with Crippen LogP contribution in [0, 0.1) is 6.92 Å². The number of nitrogens with zero attached hydrogens (tertiary/aromatic N) is 1. The molecule has 1 aromatic carbocycles. The number of hydrogen-bond donors (Lipinski definition) is 1. The maximum absolute atomic E-state index is 12.4. The predicted molar refractivity (Wildman–Crippen MR) is 82.7 cm³/mol. The molecule has 0 heterocycles. The van der Waals surface area contributed by atoms with Gasteiger partial charge in [-0.15, -0.1) is 0 Å². The Balaban J connectivity index is 2.62. The summed E-state index contributed by atoms with van der Waals surface area (Å²) in [6, 6.07) is 8.52. The van der Waals surface area contributed by atoms with Gasteiger partial charge in [-0.05, 0) is 31.7 Å². The summed E-state index contributed by atoms with van der Waals surface area (Å²) in [5.74, 6) is 0.147. The first kappa shape index (κ1) is 16.7. The van der Waals surface area contributed by atoms with Crippen molar-refractivity contribution in [3.63, 3.8) is 0 Å². The molecule has 1 amide bonds. The highest BCUT2D eigenvalue weighted by Gasteiger charge is 2.20. The molecule has 0 saturated carbocycles. The summed E-state index contributed by atoms with van der Waals surface area (Å²) in [6.07, 6.45) is 3.15. The van der Waals surface area contributed by atoms with Gasteiger partial charge in [0.25, 0.3) is 0 Å². The first-order valence-corrected chi connectivity index (χ1v) is 7.58. The van der Waals surface area contributed by atoms with Crippen LogP contribution in [-0.2, 0) is 11.2 Å². The normalized spacial score (nSPS) is 10.8. The standard InChI is InChI=1S/C17H27NO2/c1-4-16(5-2)18(11-12-19)17(20)10-9-15-8-6-7-14(3)13-15/h6-8,13,16,19H,4-5,9-12H2,1-3H3. The molecule has 0 aromatic heterocycles. The lowest BCUT2D eigenvalue weighted by molar-refractivity contribution is -0.134. The Bertz CT molecular complexity index is 413. The van der Waals surface area contributed by atoms with E-state index in [4.69, 9.17) is 5.11 Å². The molecule has 3 nitrogen and oxygen atoms in total. The number of amides is 1. The van der Waals surface area contributed by atoms with Gasteiger partial charge >= 0.3 is 0 Å². The second-order valence-electron chi connectivity index (χ2n) is 5.27. The summed E-state index contributed by atoms with van der Waals surface area (Å²) >= 11 is 0. The summed E-state index contributed by atoms with van der Waals surface area (Å²) < 4.78 is 0. The number of carbonyl (C=O) groups is 1. The molecule has 0 radical (unpaired) electrons. The first-order valence-electron chi connectivity index (χ1n) is 7.58. The van der Waals surface area contributed by atoms with E-state index in [0.29, 0.717) is 13.0 Å². The maximum Gasteiger partial charge on any atom is 0.223 e. The molecule has 0 fully saturated rings. The van der Waals surface area contributed by atoms with Crippen LogP contribution in [0.5, 0.6) is 0 Å². The van der Waals surface area contributed by atoms with Crippen molar-refractivity contribution in [2.24, 2.45) is 0 Å². The Morgan fingerprint density at radius 2 is 2.00 bits per heavy atom. The van der Waals surface area contributed by atoms with Crippen molar-refractivity contribution in [3.05, 3.63) is 35.4 Å². The lowest BCUT2D eigenvalue weighted by Gasteiger charge is -2.30. The number of aryl methyl sites for hydroxylation is 2. The zero-order valence-corrected chi connectivity index (χ0v) is 12.9. The van der Waals surface area contributed by atoms with Crippen molar-refractivity contribution in [2.75, 3.05) is 13.2 Å². The minimum absolute atomic E-state index is 0.0344. The minimum atomic E-state index is 0.0344. The molecule has 112 valence electrons. The molecular formula is C17H27NO2. The third kappa shape index (κ3) is 4.97. The summed E-state index contributed by atoms with van der Waals surface area (Å²) in [5, 5.41) is 9.15. The Morgan fingerprint density at radius 1 is 1.30 bits per heavy atom. The third-order valence-electron chi connectivity index (χ3n) is 3.75. The van der Waals surface area contributed by atoms with Gasteiger partial charge in [0.2, 0.25) is 5.91 Å². The van der Waals surface area contributed by atoms with Crippen molar-refractivity contribution in [1.29, 1.82) is 0 Å². The largest absolute Gasteiger partial charge is 0.395 e. The highest BCUT2D eigenvalue weighted by atomic mass is 16.3. The van der Waals surface area contributed by atoms with E-state index in [0.717, 1.165) is 19.3 Å². The predicted octanol–water partition coefficient (Wildman–Crippen LogP) is 2.94. The third-order valence-corrected chi connectivity index (χ3v) is 3.75. The fourth-order valence-electron chi connectivity index (χ4n) is 2.61. The molecule has 0 unspecified atom stereocenters. The SMILES string of the molecule is CCC(CC)N(CCO)C(=O)CCc1cccc(C)c1. The smallest absolute Gasteiger partial charge is 0.223 e. The van der Waals surface area contributed by atoms with Gasteiger partial charge in [-0.25, -0.2) is 0 Å². The Morgan fingerprint density at radius 3 is 2.55 bits per heavy atom. The lowest BCUT2D eigenvalue weighted by Crippen LogP contribution is -2.41. The fraction of sp³-hybridized carbons (Fsp3) is 0.588. The van der Waals surface area contributed by atoms with E-state index in [1.54, 1.807) is 0 Å². The Kier molecular flexibility index (Phi) is 7.31. The number of aliphatic hydroxyl groups is 1. The number of aliphatic hydroxyl groups excluding tert-OH is 1. The second kappa shape index (κ2) is 8.75. The van der Waals surface area contributed by atoms with E-state index >= 15 is 0 Å². The van der Waals surface area contributed by atoms with Crippen molar-refractivity contribution in [3.8, 4) is 0 Å². The molecule has 3 heteroatoms. The molecular weight excluding hydrogens is 250 g/mol. The monoisotopic (exact) mass is 277 g/mol. The van der Waals surface area contributed by atoms with Gasteiger partial charge < -0.3 is 10.0 Å². The van der Waals surface area contributed by atoms with Crippen molar-refractivity contribution in [1.82, 2.24) is 4.90 Å². The van der Waals surface area contributed by atoms with Gasteiger partial charge in [0.1, 0.15) is 0 Å². The van der Waals surface area contributed by atoms with Crippen LogP contribution in [0.25, 0.3) is 0 Å². The van der Waals surface area contributed by atoms with E-state index in [-0.39, 0.29) is 18.6 Å². The molecule has 0 bridgehead atoms. The molecule has 1 N–H and O–H groups in total. The van der Waals surface area contributed by atoms with Crippen molar-refractivity contribution < 1.29 is 9.90 Å². The highest BCUT2D eigenvalue weighted by Crippen LogP contribution is 2.13. The summed E-state index contributed by atoms with van der Waals surface area (Å²) in [7, 11) is 0. The number of carbonyl (C=O) groups excluding carboxylic acids is 1. The molecule has 0 aliphatic rings. The minimum Gasteiger partial charge on any atom is -0.395 e. The summed E-state index contributed by atoms with van der Waals surface area (Å²) in [4.78, 5) is 14.2. The average Bonchev–Trinajstić information content (AvgIpc) is 2.45. The molecule has 20 heavy (non-hydrogen) atoms. The summed E-state index contributed by atoms with van der Waals surface area (Å²) in [6.45, 7) is 6.72. The van der Waals surface area contributed by atoms with E-state index < -0.39 is 0 Å². The fourth-order valence-corrected chi connectivity index (χ4v) is 2.61. The number of rotatable bonds is 8. The van der Waals surface area contributed by atoms with Crippen molar-refractivity contribution >= 4 is 5.91 Å². The van der Waals surface area contributed by atoms with Crippen LogP contribution in [0.4, 0.5) is 0 Å². The highest BCUT2D eigenvalue weighted by molar-refractivity contribution is 5.76. The van der Waals surface area contributed by atoms with Crippen LogP contribution in [-0.4, -0.2) is 35.1 Å². The molecule has 0 atom stereocenters. The Hall–Kier alpha value is -1.35. The average molecular weight is 277 g/mol. The van der Waals surface area contributed by atoms with Crippen LogP contribution in [0.15, 0.2) is 24.3 Å². The van der Waals surface area contributed by atoms with Crippen LogP contribution < -0.4 is 0 Å². The topological polar surface area (TPSA) is 40.5 Å². The van der Waals surface area contributed by atoms with Gasteiger partial charge in [-0.2, -0.15) is 0 Å². The van der Waals surface area contributed by atoms with Crippen LogP contribution in [0.2, 0.25) is 0 Å². The Labute approximate surface area is 122 Å². The zero-order valence-electron chi connectivity index (χ0n) is 12.9. The van der Waals surface area contributed by atoms with Gasteiger partial charge in [-0.3, -0.25) is 4.79 Å². The zero-order chi connectivity index (χ0) is 15.0. The number of hydrogen-bond acceptors (Lipinski definition) is 2. The second-order valence-corrected chi connectivity index (χ2v) is 5.27. The quantitative estimate of drug-likeness (QED) is 0.793. The molecule has 0 saturated heterocycles. The first-order chi connectivity index (χ1) is 9.62. The molecule has 0 aliphatic heterocycles. The lowest BCUT2D eigenvalue weighted by atomic mass is 10.1. The van der Waals surface area contributed by atoms with Gasteiger partial charge in [-0.1, -0.05) is 43.7 Å². The van der Waals surface area contributed by atoms with Crippen LogP contribution >= 0.6 is 0 Å². The van der Waals surface area contributed by atoms with E-state index in [1.807, 2.05) is 11.0 Å².